The van der Waals surface area contributed by atoms with E-state index < -0.39 is 0 Å². The summed E-state index contributed by atoms with van der Waals surface area (Å²) in [5.74, 6) is 0.494. The number of anilines is 3. The number of nitrogens with two attached hydrogens (primary N) is 1. The van der Waals surface area contributed by atoms with Gasteiger partial charge in [-0.05, 0) is 57.2 Å². The number of rotatable bonds is 7. The highest BCUT2D eigenvalue weighted by molar-refractivity contribution is 6.04. The van der Waals surface area contributed by atoms with Gasteiger partial charge in [0, 0.05) is 24.3 Å². The molecule has 0 unspecified atom stereocenters. The van der Waals surface area contributed by atoms with Crippen LogP contribution in [-0.2, 0) is 0 Å². The van der Waals surface area contributed by atoms with Crippen LogP contribution < -0.4 is 20.7 Å². The Morgan fingerprint density at radius 3 is 2.50 bits per heavy atom. The minimum atomic E-state index is -0.188. The number of carbonyl (C=O) groups is 1. The molecule has 0 radical (unpaired) electrons. The molecule has 0 saturated heterocycles. The smallest absolute Gasteiger partial charge is 0.255 e. The fourth-order valence-electron chi connectivity index (χ4n) is 2.58. The lowest BCUT2D eigenvalue weighted by atomic mass is 10.1. The Hall–Kier alpha value is -2.69. The quantitative estimate of drug-likeness (QED) is 0.760. The van der Waals surface area contributed by atoms with Crippen LogP contribution in [0.15, 0.2) is 42.5 Å². The van der Waals surface area contributed by atoms with Crippen molar-refractivity contribution in [2.75, 3.05) is 35.6 Å². The van der Waals surface area contributed by atoms with Gasteiger partial charge in [0.1, 0.15) is 5.75 Å². The number of nitrogens with one attached hydrogen (secondary N) is 1. The van der Waals surface area contributed by atoms with E-state index in [0.717, 1.165) is 18.8 Å². The molecular weight excluding hydrogens is 302 g/mol. The predicted octanol–water partition coefficient (Wildman–Crippen LogP) is 3.77. The molecule has 128 valence electrons. The Labute approximate surface area is 143 Å². The maximum Gasteiger partial charge on any atom is 0.255 e. The highest BCUT2D eigenvalue weighted by atomic mass is 16.5. The average Bonchev–Trinajstić information content (AvgIpc) is 2.58. The van der Waals surface area contributed by atoms with Crippen molar-refractivity contribution >= 4 is 23.0 Å². The first-order chi connectivity index (χ1) is 11.6. The van der Waals surface area contributed by atoms with Crippen molar-refractivity contribution in [1.82, 2.24) is 0 Å². The van der Waals surface area contributed by atoms with Crippen molar-refractivity contribution in [2.45, 2.75) is 20.8 Å². The van der Waals surface area contributed by atoms with Crippen LogP contribution in [0.1, 0.15) is 31.1 Å². The Kier molecular flexibility index (Phi) is 6.07. The van der Waals surface area contributed by atoms with E-state index in [1.807, 2.05) is 25.1 Å². The molecule has 0 spiro atoms. The van der Waals surface area contributed by atoms with Gasteiger partial charge in [0.25, 0.3) is 5.91 Å². The van der Waals surface area contributed by atoms with Gasteiger partial charge in [-0.2, -0.15) is 0 Å². The Bertz CT molecular complexity index is 697. The fraction of sp³-hybridized carbons (Fsp3) is 0.316. The normalized spacial score (nSPS) is 10.3. The van der Waals surface area contributed by atoms with Gasteiger partial charge in [0.15, 0.2) is 0 Å². The first kappa shape index (κ1) is 17.7. The second-order valence-corrected chi connectivity index (χ2v) is 5.36. The zero-order valence-corrected chi connectivity index (χ0v) is 14.5. The van der Waals surface area contributed by atoms with Gasteiger partial charge in [0.05, 0.1) is 18.0 Å². The van der Waals surface area contributed by atoms with E-state index in [1.54, 1.807) is 24.3 Å². The summed E-state index contributed by atoms with van der Waals surface area (Å²) >= 11 is 0. The fourth-order valence-corrected chi connectivity index (χ4v) is 2.58. The molecule has 0 fully saturated rings. The first-order valence-electron chi connectivity index (χ1n) is 8.27. The lowest BCUT2D eigenvalue weighted by molar-refractivity contribution is 0.102. The van der Waals surface area contributed by atoms with E-state index in [2.05, 4.69) is 24.1 Å². The number of amides is 1. The largest absolute Gasteiger partial charge is 0.494 e. The SMILES string of the molecule is CCOc1cccc(C(=O)Nc2ccc(N(CC)CC)c(N)c2)c1. The van der Waals surface area contributed by atoms with Crippen LogP contribution in [0.4, 0.5) is 17.1 Å². The molecule has 2 aromatic carbocycles. The zero-order chi connectivity index (χ0) is 17.5. The van der Waals surface area contributed by atoms with E-state index in [4.69, 9.17) is 10.5 Å². The monoisotopic (exact) mass is 327 g/mol. The van der Waals surface area contributed by atoms with E-state index in [9.17, 15) is 4.79 Å². The topological polar surface area (TPSA) is 67.6 Å². The average molecular weight is 327 g/mol. The minimum Gasteiger partial charge on any atom is -0.494 e. The lowest BCUT2D eigenvalue weighted by Crippen LogP contribution is -2.23. The second kappa shape index (κ2) is 8.24. The van der Waals surface area contributed by atoms with Crippen LogP contribution in [-0.4, -0.2) is 25.6 Å². The molecule has 3 N–H and O–H groups in total. The molecule has 24 heavy (non-hydrogen) atoms. The highest BCUT2D eigenvalue weighted by Gasteiger charge is 2.10. The molecule has 0 heterocycles. The van der Waals surface area contributed by atoms with Crippen LogP contribution in [0.5, 0.6) is 5.75 Å². The summed E-state index contributed by atoms with van der Waals surface area (Å²) < 4.78 is 5.43. The van der Waals surface area contributed by atoms with Gasteiger partial charge in [-0.15, -0.1) is 0 Å². The molecule has 0 aromatic heterocycles. The number of nitrogen functional groups attached to an aromatic ring is 1. The van der Waals surface area contributed by atoms with Gasteiger partial charge >= 0.3 is 0 Å². The third-order valence-electron chi connectivity index (χ3n) is 3.80. The third-order valence-corrected chi connectivity index (χ3v) is 3.80. The minimum absolute atomic E-state index is 0.188. The summed E-state index contributed by atoms with van der Waals surface area (Å²) in [6.45, 7) is 8.42. The summed E-state index contributed by atoms with van der Waals surface area (Å²) in [7, 11) is 0. The second-order valence-electron chi connectivity index (χ2n) is 5.36. The number of nitrogens with zero attached hydrogens (tertiary/aromatic N) is 1. The number of benzene rings is 2. The van der Waals surface area contributed by atoms with Crippen molar-refractivity contribution in [3.05, 3.63) is 48.0 Å². The van der Waals surface area contributed by atoms with E-state index in [-0.39, 0.29) is 5.91 Å². The van der Waals surface area contributed by atoms with Gasteiger partial charge in [-0.25, -0.2) is 0 Å². The lowest BCUT2D eigenvalue weighted by Gasteiger charge is -2.23. The van der Waals surface area contributed by atoms with Crippen molar-refractivity contribution < 1.29 is 9.53 Å². The molecule has 1 amide bonds. The molecule has 0 aliphatic heterocycles. The van der Waals surface area contributed by atoms with E-state index in [1.165, 1.54) is 0 Å². The summed E-state index contributed by atoms with van der Waals surface area (Å²) in [5, 5.41) is 2.88. The van der Waals surface area contributed by atoms with Crippen LogP contribution in [0.25, 0.3) is 0 Å². The molecule has 0 aliphatic carbocycles. The molecule has 0 atom stereocenters. The Morgan fingerprint density at radius 1 is 1.12 bits per heavy atom. The Balaban J connectivity index is 2.14. The maximum absolute atomic E-state index is 12.4. The summed E-state index contributed by atoms with van der Waals surface area (Å²) in [6, 6.07) is 12.7. The van der Waals surface area contributed by atoms with Crippen LogP contribution in [0.3, 0.4) is 0 Å². The molecule has 5 nitrogen and oxygen atoms in total. The summed E-state index contributed by atoms with van der Waals surface area (Å²) in [6.07, 6.45) is 0. The zero-order valence-electron chi connectivity index (χ0n) is 14.5. The third kappa shape index (κ3) is 4.19. The van der Waals surface area contributed by atoms with E-state index >= 15 is 0 Å². The number of ether oxygens (including phenoxy) is 1. The van der Waals surface area contributed by atoms with Crippen LogP contribution >= 0.6 is 0 Å². The van der Waals surface area contributed by atoms with Crippen molar-refractivity contribution in [2.24, 2.45) is 0 Å². The predicted molar refractivity (Wildman–Crippen MR) is 100.0 cm³/mol. The molecule has 2 aromatic rings. The molecular formula is C19H25N3O2. The van der Waals surface area contributed by atoms with Crippen molar-refractivity contribution in [3.63, 3.8) is 0 Å². The molecule has 0 bridgehead atoms. The molecule has 2 rings (SSSR count). The standard InChI is InChI=1S/C19H25N3O2/c1-4-22(5-2)18-11-10-15(13-17(18)20)21-19(23)14-8-7-9-16(12-14)24-6-3/h7-13H,4-6,20H2,1-3H3,(H,21,23). The Morgan fingerprint density at radius 2 is 1.88 bits per heavy atom. The van der Waals surface area contributed by atoms with E-state index in [0.29, 0.717) is 29.3 Å². The number of carbonyl (C=O) groups excluding carboxylic acids is 1. The van der Waals surface area contributed by atoms with Gasteiger partial charge in [0.2, 0.25) is 0 Å². The number of hydrogen-bond donors (Lipinski definition) is 2. The molecule has 0 aliphatic rings. The maximum atomic E-state index is 12.4. The van der Waals surface area contributed by atoms with Gasteiger partial charge in [-0.1, -0.05) is 6.07 Å². The van der Waals surface area contributed by atoms with Gasteiger partial charge < -0.3 is 20.7 Å². The van der Waals surface area contributed by atoms with Gasteiger partial charge in [-0.3, -0.25) is 4.79 Å². The first-order valence-corrected chi connectivity index (χ1v) is 8.27. The van der Waals surface area contributed by atoms with Crippen LogP contribution in [0, 0.1) is 0 Å². The molecule has 5 heteroatoms. The van der Waals surface area contributed by atoms with Crippen molar-refractivity contribution in [1.29, 1.82) is 0 Å². The van der Waals surface area contributed by atoms with Crippen LogP contribution in [0.2, 0.25) is 0 Å². The summed E-state index contributed by atoms with van der Waals surface area (Å²) in [4.78, 5) is 14.6. The summed E-state index contributed by atoms with van der Waals surface area (Å²) in [5.41, 5.74) is 9.00. The van der Waals surface area contributed by atoms with Crippen molar-refractivity contribution in [3.8, 4) is 5.75 Å². The highest BCUT2D eigenvalue weighted by Crippen LogP contribution is 2.27. The number of hydrogen-bond acceptors (Lipinski definition) is 4. The molecule has 0 saturated carbocycles.